The highest BCUT2D eigenvalue weighted by Crippen LogP contribution is 2.16. The predicted molar refractivity (Wildman–Crippen MR) is 45.3 cm³/mol. The SMILES string of the molecule is C=C(C)c1cc(O)cc(C#N)n1. The number of allylic oxidation sites excluding steroid dienone is 1. The molecule has 0 amide bonds. The minimum Gasteiger partial charge on any atom is -0.508 e. The highest BCUT2D eigenvalue weighted by Gasteiger charge is 2.00. The van der Waals surface area contributed by atoms with Gasteiger partial charge in [0, 0.05) is 12.1 Å². The molecule has 0 spiro atoms. The molecule has 0 unspecified atom stereocenters. The average molecular weight is 160 g/mol. The fourth-order valence-electron chi connectivity index (χ4n) is 0.792. The van der Waals surface area contributed by atoms with Crippen LogP contribution in [0, 0.1) is 11.3 Å². The molecule has 0 saturated heterocycles. The van der Waals surface area contributed by atoms with Crippen LogP contribution in [-0.2, 0) is 0 Å². The molecule has 0 fully saturated rings. The molecule has 1 aromatic heterocycles. The van der Waals surface area contributed by atoms with Crippen LogP contribution in [0.4, 0.5) is 0 Å². The summed E-state index contributed by atoms with van der Waals surface area (Å²) in [5.41, 5.74) is 1.47. The van der Waals surface area contributed by atoms with Crippen LogP contribution in [0.1, 0.15) is 18.3 Å². The van der Waals surface area contributed by atoms with Crippen molar-refractivity contribution < 1.29 is 5.11 Å². The lowest BCUT2D eigenvalue weighted by Crippen LogP contribution is -1.88. The fourth-order valence-corrected chi connectivity index (χ4v) is 0.792. The lowest BCUT2D eigenvalue weighted by atomic mass is 10.2. The standard InChI is InChI=1S/C9H8N2O/c1-6(2)9-4-8(12)3-7(5-10)11-9/h3-4H,1H2,2H3,(H,11,12). The number of aromatic hydroxyl groups is 1. The molecule has 3 heteroatoms. The maximum absolute atomic E-state index is 9.14. The topological polar surface area (TPSA) is 56.9 Å². The summed E-state index contributed by atoms with van der Waals surface area (Å²) in [6.45, 7) is 5.43. The van der Waals surface area contributed by atoms with E-state index in [1.54, 1.807) is 6.92 Å². The molecule has 1 heterocycles. The van der Waals surface area contributed by atoms with Crippen molar-refractivity contribution in [2.75, 3.05) is 0 Å². The molecule has 0 aliphatic heterocycles. The second kappa shape index (κ2) is 3.05. The Morgan fingerprint density at radius 3 is 2.83 bits per heavy atom. The van der Waals surface area contributed by atoms with E-state index in [0.29, 0.717) is 5.69 Å². The first kappa shape index (κ1) is 8.28. The monoisotopic (exact) mass is 160 g/mol. The molecule has 0 aliphatic carbocycles. The van der Waals surface area contributed by atoms with Crippen molar-refractivity contribution in [3.63, 3.8) is 0 Å². The predicted octanol–water partition coefficient (Wildman–Crippen LogP) is 1.69. The highest BCUT2D eigenvalue weighted by atomic mass is 16.3. The van der Waals surface area contributed by atoms with Gasteiger partial charge in [0.15, 0.2) is 0 Å². The summed E-state index contributed by atoms with van der Waals surface area (Å²) in [6.07, 6.45) is 0. The fraction of sp³-hybridized carbons (Fsp3) is 0.111. The third-order valence-corrected chi connectivity index (χ3v) is 1.36. The van der Waals surface area contributed by atoms with E-state index in [9.17, 15) is 0 Å². The Hall–Kier alpha value is -1.82. The van der Waals surface area contributed by atoms with Gasteiger partial charge in [0.2, 0.25) is 0 Å². The molecule has 0 bridgehead atoms. The number of rotatable bonds is 1. The molecule has 60 valence electrons. The van der Waals surface area contributed by atoms with E-state index < -0.39 is 0 Å². The molecular weight excluding hydrogens is 152 g/mol. The van der Waals surface area contributed by atoms with Crippen LogP contribution in [0.25, 0.3) is 5.57 Å². The maximum Gasteiger partial charge on any atom is 0.144 e. The van der Waals surface area contributed by atoms with E-state index in [4.69, 9.17) is 10.4 Å². The molecule has 0 saturated carbocycles. The van der Waals surface area contributed by atoms with Crippen LogP contribution < -0.4 is 0 Å². The first-order valence-electron chi connectivity index (χ1n) is 3.40. The van der Waals surface area contributed by atoms with Crippen LogP contribution >= 0.6 is 0 Å². The van der Waals surface area contributed by atoms with Crippen LogP contribution in [0.15, 0.2) is 18.7 Å². The Bertz CT molecular complexity index is 363. The van der Waals surface area contributed by atoms with Gasteiger partial charge in [0.05, 0.1) is 5.69 Å². The van der Waals surface area contributed by atoms with Crippen molar-refractivity contribution in [1.82, 2.24) is 4.98 Å². The third-order valence-electron chi connectivity index (χ3n) is 1.36. The largest absolute Gasteiger partial charge is 0.508 e. The zero-order valence-electron chi connectivity index (χ0n) is 6.70. The third kappa shape index (κ3) is 1.61. The summed E-state index contributed by atoms with van der Waals surface area (Å²) in [5.74, 6) is 0.0413. The second-order valence-electron chi connectivity index (χ2n) is 2.49. The molecule has 0 aromatic carbocycles. The molecule has 1 aromatic rings. The summed E-state index contributed by atoms with van der Waals surface area (Å²) in [5, 5.41) is 17.7. The van der Waals surface area contributed by atoms with Gasteiger partial charge >= 0.3 is 0 Å². The number of hydrogen-bond donors (Lipinski definition) is 1. The van der Waals surface area contributed by atoms with Crippen LogP contribution in [0.5, 0.6) is 5.75 Å². The van der Waals surface area contributed by atoms with E-state index in [0.717, 1.165) is 5.57 Å². The molecule has 0 aliphatic rings. The quantitative estimate of drug-likeness (QED) is 0.680. The van der Waals surface area contributed by atoms with Gasteiger partial charge in [-0.15, -0.1) is 0 Å². The van der Waals surface area contributed by atoms with Gasteiger partial charge in [0.1, 0.15) is 17.5 Å². The Balaban J connectivity index is 3.26. The van der Waals surface area contributed by atoms with E-state index in [2.05, 4.69) is 11.6 Å². The van der Waals surface area contributed by atoms with Crippen molar-refractivity contribution in [3.8, 4) is 11.8 Å². The number of nitriles is 1. The van der Waals surface area contributed by atoms with Gasteiger partial charge in [-0.2, -0.15) is 5.26 Å². The van der Waals surface area contributed by atoms with Crippen molar-refractivity contribution in [3.05, 3.63) is 30.1 Å². The van der Waals surface area contributed by atoms with Crippen molar-refractivity contribution >= 4 is 5.57 Å². The molecule has 1 rings (SSSR count). The lowest BCUT2D eigenvalue weighted by Gasteiger charge is -1.99. The summed E-state index contributed by atoms with van der Waals surface area (Å²) < 4.78 is 0. The maximum atomic E-state index is 9.14. The summed E-state index contributed by atoms with van der Waals surface area (Å²) in [6, 6.07) is 4.64. The summed E-state index contributed by atoms with van der Waals surface area (Å²) >= 11 is 0. The summed E-state index contributed by atoms with van der Waals surface area (Å²) in [4.78, 5) is 3.93. The Morgan fingerprint density at radius 2 is 2.33 bits per heavy atom. The zero-order chi connectivity index (χ0) is 9.14. The van der Waals surface area contributed by atoms with Gasteiger partial charge in [-0.05, 0) is 12.5 Å². The van der Waals surface area contributed by atoms with Gasteiger partial charge in [-0.3, -0.25) is 0 Å². The Morgan fingerprint density at radius 1 is 1.67 bits per heavy atom. The molecule has 1 N–H and O–H groups in total. The minimum atomic E-state index is 0.0413. The van der Waals surface area contributed by atoms with Crippen LogP contribution in [0.3, 0.4) is 0 Å². The van der Waals surface area contributed by atoms with Gasteiger partial charge in [0.25, 0.3) is 0 Å². The van der Waals surface area contributed by atoms with Crippen LogP contribution in [0.2, 0.25) is 0 Å². The van der Waals surface area contributed by atoms with Gasteiger partial charge in [-0.25, -0.2) is 4.98 Å². The Labute approximate surface area is 70.6 Å². The molecule has 12 heavy (non-hydrogen) atoms. The number of nitrogens with zero attached hydrogens (tertiary/aromatic N) is 2. The van der Waals surface area contributed by atoms with E-state index >= 15 is 0 Å². The first-order chi connectivity index (χ1) is 5.63. The molecule has 3 nitrogen and oxygen atoms in total. The smallest absolute Gasteiger partial charge is 0.144 e. The summed E-state index contributed by atoms with van der Waals surface area (Å²) in [7, 11) is 0. The van der Waals surface area contributed by atoms with E-state index in [-0.39, 0.29) is 11.4 Å². The number of pyridine rings is 1. The lowest BCUT2D eigenvalue weighted by molar-refractivity contribution is 0.474. The van der Waals surface area contributed by atoms with Gasteiger partial charge < -0.3 is 5.11 Å². The first-order valence-corrected chi connectivity index (χ1v) is 3.40. The second-order valence-corrected chi connectivity index (χ2v) is 2.49. The van der Waals surface area contributed by atoms with Gasteiger partial charge in [-0.1, -0.05) is 6.58 Å². The average Bonchev–Trinajstić information content (AvgIpc) is 2.03. The van der Waals surface area contributed by atoms with E-state index in [1.807, 2.05) is 6.07 Å². The normalized spacial score (nSPS) is 9.00. The molecule has 0 atom stereocenters. The van der Waals surface area contributed by atoms with Crippen molar-refractivity contribution in [2.24, 2.45) is 0 Å². The highest BCUT2D eigenvalue weighted by molar-refractivity contribution is 5.59. The number of aromatic nitrogens is 1. The Kier molecular flexibility index (Phi) is 2.11. The minimum absolute atomic E-state index is 0.0413. The zero-order valence-corrected chi connectivity index (χ0v) is 6.70. The molecule has 0 radical (unpaired) electrons. The van der Waals surface area contributed by atoms with Crippen molar-refractivity contribution in [1.29, 1.82) is 5.26 Å². The number of hydrogen-bond acceptors (Lipinski definition) is 3. The van der Waals surface area contributed by atoms with Crippen LogP contribution in [-0.4, -0.2) is 10.1 Å². The van der Waals surface area contributed by atoms with E-state index in [1.165, 1.54) is 12.1 Å². The van der Waals surface area contributed by atoms with Crippen molar-refractivity contribution in [2.45, 2.75) is 6.92 Å². The molecular formula is C9H8N2O.